The van der Waals surface area contributed by atoms with Crippen LogP contribution in [0.1, 0.15) is 77.7 Å². The number of rotatable bonds is 11. The highest BCUT2D eigenvalue weighted by atomic mass is 19.4. The van der Waals surface area contributed by atoms with E-state index in [1.807, 2.05) is 20.8 Å². The van der Waals surface area contributed by atoms with Crippen molar-refractivity contribution in [1.82, 2.24) is 10.2 Å². The first-order chi connectivity index (χ1) is 17.5. The van der Waals surface area contributed by atoms with E-state index in [2.05, 4.69) is 15.1 Å². The van der Waals surface area contributed by atoms with E-state index in [1.165, 1.54) is 57.1 Å². The minimum absolute atomic E-state index is 0.0318. The summed E-state index contributed by atoms with van der Waals surface area (Å²) in [6, 6.07) is 5.69. The predicted molar refractivity (Wildman–Crippen MR) is 143 cm³/mol. The molecule has 2 fully saturated rings. The van der Waals surface area contributed by atoms with Gasteiger partial charge in [-0.25, -0.2) is 0 Å². The summed E-state index contributed by atoms with van der Waals surface area (Å²) in [5.74, 6) is 1.57. The Labute approximate surface area is 221 Å². The summed E-state index contributed by atoms with van der Waals surface area (Å²) < 4.78 is 44.6. The molecular weight excluding hydrogens is 479 g/mol. The number of nitrogens with zero attached hydrogens (tertiary/aromatic N) is 2. The number of hydrogen-bond acceptors (Lipinski definition) is 4. The smallest absolute Gasteiger partial charge is 0.369 e. The number of benzene rings is 1. The second-order valence-electron chi connectivity index (χ2n) is 11.8. The minimum Gasteiger partial charge on any atom is -0.369 e. The van der Waals surface area contributed by atoms with Gasteiger partial charge in [0.25, 0.3) is 0 Å². The minimum atomic E-state index is -4.30. The Kier molecular flexibility index (Phi) is 11.1. The van der Waals surface area contributed by atoms with Gasteiger partial charge >= 0.3 is 6.18 Å². The van der Waals surface area contributed by atoms with Crippen LogP contribution in [0.5, 0.6) is 0 Å². The number of ether oxygens (including phenoxy) is 1. The van der Waals surface area contributed by atoms with Gasteiger partial charge in [-0.2, -0.15) is 13.2 Å². The van der Waals surface area contributed by atoms with Crippen LogP contribution in [-0.4, -0.2) is 62.3 Å². The molecule has 0 aromatic heterocycles. The Morgan fingerprint density at radius 2 is 1.59 bits per heavy atom. The highest BCUT2D eigenvalue weighted by Crippen LogP contribution is 2.34. The number of amides is 1. The third kappa shape index (κ3) is 10.8. The quantitative estimate of drug-likeness (QED) is 0.353. The number of anilines is 1. The van der Waals surface area contributed by atoms with Crippen molar-refractivity contribution in [2.24, 2.45) is 11.8 Å². The van der Waals surface area contributed by atoms with Crippen molar-refractivity contribution < 1.29 is 22.7 Å². The fourth-order valence-electron chi connectivity index (χ4n) is 5.47. The molecule has 1 aromatic carbocycles. The van der Waals surface area contributed by atoms with Crippen molar-refractivity contribution in [1.29, 1.82) is 0 Å². The maximum Gasteiger partial charge on any atom is 0.416 e. The summed E-state index contributed by atoms with van der Waals surface area (Å²) in [5.41, 5.74) is -0.195. The average molecular weight is 526 g/mol. The Hall–Kier alpha value is -1.80. The summed E-state index contributed by atoms with van der Waals surface area (Å²) in [5, 5.41) is 2.97. The molecule has 1 N–H and O–H groups in total. The van der Waals surface area contributed by atoms with Crippen molar-refractivity contribution in [3.63, 3.8) is 0 Å². The Bertz CT molecular complexity index is 824. The van der Waals surface area contributed by atoms with Crippen LogP contribution in [0.15, 0.2) is 24.3 Å². The van der Waals surface area contributed by atoms with E-state index in [0.717, 1.165) is 63.6 Å². The predicted octanol–water partition coefficient (Wildman–Crippen LogP) is 6.13. The second-order valence-corrected chi connectivity index (χ2v) is 11.8. The van der Waals surface area contributed by atoms with E-state index in [-0.39, 0.29) is 18.1 Å². The molecule has 0 bridgehead atoms. The summed E-state index contributed by atoms with van der Waals surface area (Å²) in [7, 11) is 0. The van der Waals surface area contributed by atoms with Gasteiger partial charge in [-0.3, -0.25) is 9.69 Å². The van der Waals surface area contributed by atoms with Crippen molar-refractivity contribution in [3.05, 3.63) is 29.8 Å². The molecule has 37 heavy (non-hydrogen) atoms. The SMILES string of the molecule is CC(C)(C)OCC(=O)NCCCC1CCC(CCCN2CCN(c3cccc(C(F)(F)F)c3)CC2)CC1. The summed E-state index contributed by atoms with van der Waals surface area (Å²) >= 11 is 0. The molecule has 0 spiro atoms. The number of piperazine rings is 1. The number of nitrogens with one attached hydrogen (secondary N) is 1. The lowest BCUT2D eigenvalue weighted by atomic mass is 9.78. The summed E-state index contributed by atoms with van der Waals surface area (Å²) in [6.07, 6.45) is 5.58. The van der Waals surface area contributed by atoms with Crippen LogP contribution >= 0.6 is 0 Å². The third-order valence-electron chi connectivity index (χ3n) is 7.71. The number of hydrogen-bond donors (Lipinski definition) is 1. The van der Waals surface area contributed by atoms with E-state index < -0.39 is 11.7 Å². The van der Waals surface area contributed by atoms with Crippen LogP contribution in [0, 0.1) is 11.8 Å². The molecule has 1 heterocycles. The normalized spacial score (nSPS) is 21.7. The molecule has 1 aliphatic heterocycles. The van der Waals surface area contributed by atoms with Gasteiger partial charge in [0.2, 0.25) is 5.91 Å². The van der Waals surface area contributed by atoms with Gasteiger partial charge in [0.05, 0.1) is 11.2 Å². The monoisotopic (exact) mass is 525 g/mol. The van der Waals surface area contributed by atoms with E-state index in [0.29, 0.717) is 5.69 Å². The second kappa shape index (κ2) is 13.8. The van der Waals surface area contributed by atoms with Gasteiger partial charge in [-0.15, -0.1) is 0 Å². The maximum atomic E-state index is 13.0. The molecule has 3 rings (SSSR count). The van der Waals surface area contributed by atoms with Crippen molar-refractivity contribution in [2.45, 2.75) is 83.9 Å². The van der Waals surface area contributed by atoms with Gasteiger partial charge in [-0.1, -0.05) is 31.7 Å². The molecule has 1 aromatic rings. The number of carbonyl (C=O) groups excluding carboxylic acids is 1. The van der Waals surface area contributed by atoms with Crippen molar-refractivity contribution in [2.75, 3.05) is 50.8 Å². The van der Waals surface area contributed by atoms with Crippen LogP contribution in [0.3, 0.4) is 0 Å². The van der Waals surface area contributed by atoms with Gasteiger partial charge in [0, 0.05) is 38.4 Å². The molecule has 1 amide bonds. The van der Waals surface area contributed by atoms with Crippen LogP contribution < -0.4 is 10.2 Å². The van der Waals surface area contributed by atoms with E-state index in [9.17, 15) is 18.0 Å². The van der Waals surface area contributed by atoms with Gasteiger partial charge < -0.3 is 15.0 Å². The molecular formula is C29H46F3N3O2. The lowest BCUT2D eigenvalue weighted by Crippen LogP contribution is -2.46. The zero-order valence-electron chi connectivity index (χ0n) is 22.9. The average Bonchev–Trinajstić information content (AvgIpc) is 2.86. The first-order valence-corrected chi connectivity index (χ1v) is 14.0. The topological polar surface area (TPSA) is 44.8 Å². The first-order valence-electron chi connectivity index (χ1n) is 14.0. The number of alkyl halides is 3. The summed E-state index contributed by atoms with van der Waals surface area (Å²) in [6.45, 7) is 11.1. The van der Waals surface area contributed by atoms with Crippen LogP contribution in [0.2, 0.25) is 0 Å². The molecule has 1 saturated heterocycles. The lowest BCUT2D eigenvalue weighted by Gasteiger charge is -2.36. The highest BCUT2D eigenvalue weighted by Gasteiger charge is 2.31. The fraction of sp³-hybridized carbons (Fsp3) is 0.759. The summed E-state index contributed by atoms with van der Waals surface area (Å²) in [4.78, 5) is 16.4. The van der Waals surface area contributed by atoms with Crippen LogP contribution in [0.4, 0.5) is 18.9 Å². The van der Waals surface area contributed by atoms with E-state index in [4.69, 9.17) is 4.74 Å². The van der Waals surface area contributed by atoms with Crippen LogP contribution in [0.25, 0.3) is 0 Å². The first kappa shape index (κ1) is 29.8. The van der Waals surface area contributed by atoms with E-state index in [1.54, 1.807) is 6.07 Å². The molecule has 1 saturated carbocycles. The Morgan fingerprint density at radius 1 is 0.973 bits per heavy atom. The molecule has 210 valence electrons. The lowest BCUT2D eigenvalue weighted by molar-refractivity contribution is -0.137. The largest absolute Gasteiger partial charge is 0.416 e. The molecule has 1 aliphatic carbocycles. The van der Waals surface area contributed by atoms with E-state index >= 15 is 0 Å². The van der Waals surface area contributed by atoms with Crippen molar-refractivity contribution in [3.8, 4) is 0 Å². The highest BCUT2D eigenvalue weighted by molar-refractivity contribution is 5.77. The molecule has 0 radical (unpaired) electrons. The Morgan fingerprint density at radius 3 is 2.19 bits per heavy atom. The molecule has 0 unspecified atom stereocenters. The standard InChI is InChI=1S/C29H46F3N3O2/c1-28(2,3)37-22-27(36)33-15-5-7-23-11-13-24(14-12-23)8-6-16-34-17-19-35(20-18-34)26-10-4-9-25(21-26)29(30,31)32/h4,9-10,21,23-24H,5-8,11-20,22H2,1-3H3,(H,33,36). The fourth-order valence-corrected chi connectivity index (χ4v) is 5.47. The van der Waals surface area contributed by atoms with Gasteiger partial charge in [0.15, 0.2) is 0 Å². The van der Waals surface area contributed by atoms with Crippen LogP contribution in [-0.2, 0) is 15.7 Å². The zero-order valence-corrected chi connectivity index (χ0v) is 22.9. The zero-order chi connectivity index (χ0) is 26.9. The van der Waals surface area contributed by atoms with Gasteiger partial charge in [0.1, 0.15) is 6.61 Å². The maximum absolute atomic E-state index is 13.0. The number of carbonyl (C=O) groups is 1. The van der Waals surface area contributed by atoms with Crippen molar-refractivity contribution >= 4 is 11.6 Å². The number of halogens is 3. The molecule has 0 atom stereocenters. The molecule has 8 heteroatoms. The molecule has 5 nitrogen and oxygen atoms in total. The third-order valence-corrected chi connectivity index (χ3v) is 7.71. The molecule has 2 aliphatic rings. The Balaban J connectivity index is 1.23. The van der Waals surface area contributed by atoms with Gasteiger partial charge in [-0.05, 0) is 83.0 Å².